The highest BCUT2D eigenvalue weighted by Crippen LogP contribution is 2.43. The van der Waals surface area contributed by atoms with Crippen molar-refractivity contribution in [2.24, 2.45) is 17.4 Å². The smallest absolute Gasteiger partial charge is 0.332 e. The average Bonchev–Trinajstić information content (AvgIpc) is 2.33. The maximum Gasteiger partial charge on any atom is 0.332 e. The van der Waals surface area contributed by atoms with Gasteiger partial charge in [-0.3, -0.25) is 13.9 Å². The minimum Gasteiger partial charge on any atom is -0.480 e. The molecule has 7 N–H and O–H groups in total. The van der Waals surface area contributed by atoms with Crippen molar-refractivity contribution in [2.75, 3.05) is 6.16 Å². The SMILES string of the molecule is CC[C@H](C)[C@H](N)C(=O)NC(CP(=O)(O)OC(C)N)C(=O)O. The molecule has 0 aliphatic heterocycles. The van der Waals surface area contributed by atoms with Crippen LogP contribution in [0.5, 0.6) is 0 Å². The van der Waals surface area contributed by atoms with Gasteiger partial charge in [0.25, 0.3) is 0 Å². The van der Waals surface area contributed by atoms with Gasteiger partial charge >= 0.3 is 13.6 Å². The molecule has 0 radical (unpaired) electrons. The molecule has 21 heavy (non-hydrogen) atoms. The summed E-state index contributed by atoms with van der Waals surface area (Å²) in [6.45, 7) is 4.91. The molecule has 0 bridgehead atoms. The number of carbonyl (C=O) groups is 2. The van der Waals surface area contributed by atoms with Gasteiger partial charge in [0.15, 0.2) is 0 Å². The van der Waals surface area contributed by atoms with Crippen LogP contribution in [0.2, 0.25) is 0 Å². The summed E-state index contributed by atoms with van der Waals surface area (Å²) in [6, 6.07) is -2.48. The predicted octanol–water partition coefficient (Wildman–Crippen LogP) is -0.564. The number of aliphatic carboxylic acids is 1. The largest absolute Gasteiger partial charge is 0.480 e. The maximum atomic E-state index is 11.8. The standard InChI is InChI=1S/C11H24N3O6P/c1-4-6(2)9(13)10(15)14-8(11(16)17)5-21(18,19)20-7(3)12/h6-9H,4-5,12-13H2,1-3H3,(H,14,15)(H,16,17)(H,18,19)/t6-,7?,8?,9-/m0/s1. The molecule has 0 aliphatic carbocycles. The number of nitrogens with one attached hydrogen (secondary N) is 1. The normalized spacial score (nSPS) is 19.9. The molecule has 0 saturated carbocycles. The summed E-state index contributed by atoms with van der Waals surface area (Å²) in [5.41, 5.74) is 10.9. The van der Waals surface area contributed by atoms with E-state index >= 15 is 0 Å². The molecular formula is C11H24N3O6P. The van der Waals surface area contributed by atoms with Gasteiger partial charge in [-0.2, -0.15) is 0 Å². The zero-order valence-electron chi connectivity index (χ0n) is 12.4. The van der Waals surface area contributed by atoms with Gasteiger partial charge in [0.05, 0.1) is 12.2 Å². The van der Waals surface area contributed by atoms with Crippen LogP contribution in [-0.4, -0.2) is 46.3 Å². The quantitative estimate of drug-likeness (QED) is 0.278. The highest BCUT2D eigenvalue weighted by atomic mass is 31.2. The molecule has 5 atom stereocenters. The van der Waals surface area contributed by atoms with Gasteiger partial charge in [0.1, 0.15) is 12.3 Å². The van der Waals surface area contributed by atoms with Gasteiger partial charge in [-0.15, -0.1) is 0 Å². The predicted molar refractivity (Wildman–Crippen MR) is 76.4 cm³/mol. The number of hydrogen-bond acceptors (Lipinski definition) is 6. The molecule has 10 heteroatoms. The second-order valence-corrected chi connectivity index (χ2v) is 6.79. The molecule has 0 aromatic heterocycles. The molecule has 0 aliphatic rings. The summed E-state index contributed by atoms with van der Waals surface area (Å²) in [5, 5.41) is 11.2. The summed E-state index contributed by atoms with van der Waals surface area (Å²) >= 11 is 0. The minimum atomic E-state index is -4.24. The lowest BCUT2D eigenvalue weighted by Crippen LogP contribution is -2.52. The van der Waals surface area contributed by atoms with Crippen molar-refractivity contribution < 1.29 is 28.7 Å². The summed E-state index contributed by atoms with van der Waals surface area (Å²) in [7, 11) is -4.24. The summed E-state index contributed by atoms with van der Waals surface area (Å²) in [4.78, 5) is 32.4. The number of carboxylic acid groups (broad SMARTS) is 1. The van der Waals surface area contributed by atoms with Crippen LogP contribution in [0, 0.1) is 5.92 Å². The second kappa shape index (κ2) is 8.45. The van der Waals surface area contributed by atoms with E-state index in [9.17, 15) is 19.0 Å². The zero-order chi connectivity index (χ0) is 16.8. The van der Waals surface area contributed by atoms with Gasteiger partial charge < -0.3 is 26.8 Å². The Morgan fingerprint density at radius 2 is 1.86 bits per heavy atom. The fraction of sp³-hybridized carbons (Fsp3) is 0.818. The highest BCUT2D eigenvalue weighted by Gasteiger charge is 2.33. The van der Waals surface area contributed by atoms with E-state index in [1.807, 2.05) is 6.92 Å². The molecule has 124 valence electrons. The first-order chi connectivity index (χ1) is 9.50. The van der Waals surface area contributed by atoms with E-state index in [1.165, 1.54) is 6.92 Å². The Balaban J connectivity index is 4.83. The van der Waals surface area contributed by atoms with Crippen LogP contribution in [0.1, 0.15) is 27.2 Å². The molecule has 0 aromatic rings. The third kappa shape index (κ3) is 7.54. The van der Waals surface area contributed by atoms with E-state index < -0.39 is 43.9 Å². The van der Waals surface area contributed by atoms with Gasteiger partial charge in [-0.05, 0) is 12.8 Å². The van der Waals surface area contributed by atoms with Gasteiger partial charge in [0.2, 0.25) is 5.91 Å². The molecular weight excluding hydrogens is 301 g/mol. The monoisotopic (exact) mass is 325 g/mol. The molecule has 1 amide bonds. The first-order valence-corrected chi connectivity index (χ1v) is 8.31. The first-order valence-electron chi connectivity index (χ1n) is 6.54. The number of carbonyl (C=O) groups excluding carboxylic acids is 1. The molecule has 0 spiro atoms. The van der Waals surface area contributed by atoms with E-state index in [-0.39, 0.29) is 5.92 Å². The molecule has 0 saturated heterocycles. The average molecular weight is 325 g/mol. The van der Waals surface area contributed by atoms with E-state index in [4.69, 9.17) is 16.6 Å². The van der Waals surface area contributed by atoms with Crippen molar-refractivity contribution in [3.63, 3.8) is 0 Å². The van der Waals surface area contributed by atoms with E-state index in [1.54, 1.807) is 6.92 Å². The Morgan fingerprint density at radius 1 is 1.33 bits per heavy atom. The minimum absolute atomic E-state index is 0.152. The van der Waals surface area contributed by atoms with Gasteiger partial charge in [0, 0.05) is 0 Å². The Morgan fingerprint density at radius 3 is 2.24 bits per heavy atom. The van der Waals surface area contributed by atoms with Crippen molar-refractivity contribution in [3.8, 4) is 0 Å². The van der Waals surface area contributed by atoms with Crippen LogP contribution in [0.4, 0.5) is 0 Å². The number of rotatable bonds is 9. The molecule has 3 unspecified atom stereocenters. The summed E-state index contributed by atoms with van der Waals surface area (Å²) < 4.78 is 16.3. The first kappa shape index (κ1) is 20.0. The zero-order valence-corrected chi connectivity index (χ0v) is 13.2. The Bertz CT molecular complexity index is 417. The van der Waals surface area contributed by atoms with Crippen molar-refractivity contribution in [3.05, 3.63) is 0 Å². The van der Waals surface area contributed by atoms with Crippen LogP contribution >= 0.6 is 7.60 Å². The van der Waals surface area contributed by atoms with Crippen molar-refractivity contribution in [1.82, 2.24) is 5.32 Å². The molecule has 0 aromatic carbocycles. The second-order valence-electron chi connectivity index (χ2n) is 4.94. The lowest BCUT2D eigenvalue weighted by Gasteiger charge is -2.23. The van der Waals surface area contributed by atoms with Crippen LogP contribution in [-0.2, 0) is 18.7 Å². The van der Waals surface area contributed by atoms with Crippen molar-refractivity contribution in [1.29, 1.82) is 0 Å². The Kier molecular flexibility index (Phi) is 8.05. The van der Waals surface area contributed by atoms with Crippen molar-refractivity contribution >= 4 is 19.5 Å². The van der Waals surface area contributed by atoms with Crippen LogP contribution in [0.25, 0.3) is 0 Å². The fourth-order valence-corrected chi connectivity index (χ4v) is 2.81. The summed E-state index contributed by atoms with van der Waals surface area (Å²) in [6.07, 6.45) is -1.19. The third-order valence-corrected chi connectivity index (χ3v) is 4.41. The molecule has 0 heterocycles. The number of nitrogens with two attached hydrogens (primary N) is 2. The van der Waals surface area contributed by atoms with Crippen LogP contribution in [0.15, 0.2) is 0 Å². The molecule has 0 rings (SSSR count). The van der Waals surface area contributed by atoms with Crippen LogP contribution in [0.3, 0.4) is 0 Å². The fourth-order valence-electron chi connectivity index (χ4n) is 1.50. The Hall–Kier alpha value is -0.990. The van der Waals surface area contributed by atoms with Crippen LogP contribution < -0.4 is 16.8 Å². The summed E-state index contributed by atoms with van der Waals surface area (Å²) in [5.74, 6) is -2.31. The van der Waals surface area contributed by atoms with E-state index in [0.29, 0.717) is 6.42 Å². The van der Waals surface area contributed by atoms with Crippen molar-refractivity contribution in [2.45, 2.75) is 45.5 Å². The highest BCUT2D eigenvalue weighted by molar-refractivity contribution is 7.52. The Labute approximate surface area is 123 Å². The topological polar surface area (TPSA) is 165 Å². The number of amides is 1. The lowest BCUT2D eigenvalue weighted by atomic mass is 9.99. The maximum absolute atomic E-state index is 11.8. The van der Waals surface area contributed by atoms with Gasteiger partial charge in [-0.1, -0.05) is 20.3 Å². The van der Waals surface area contributed by atoms with Gasteiger partial charge in [-0.25, -0.2) is 4.79 Å². The number of hydrogen-bond donors (Lipinski definition) is 5. The van der Waals surface area contributed by atoms with E-state index in [0.717, 1.165) is 0 Å². The molecule has 0 fully saturated rings. The number of carboxylic acids is 1. The lowest BCUT2D eigenvalue weighted by molar-refractivity contribution is -0.141. The van der Waals surface area contributed by atoms with E-state index in [2.05, 4.69) is 9.84 Å². The molecule has 9 nitrogen and oxygen atoms in total. The third-order valence-electron chi connectivity index (χ3n) is 2.92.